The molecule has 0 saturated heterocycles. The Labute approximate surface area is 206 Å². The third kappa shape index (κ3) is 4.59. The average molecular weight is 500 g/mol. The van der Waals surface area contributed by atoms with Gasteiger partial charge in [0, 0.05) is 39.7 Å². The quantitative estimate of drug-likeness (QED) is 0.549. The van der Waals surface area contributed by atoms with E-state index < -0.39 is 17.8 Å². The first-order valence-corrected chi connectivity index (χ1v) is 11.6. The molecular weight excluding hydrogens is 471 g/mol. The highest BCUT2D eigenvalue weighted by molar-refractivity contribution is 5.81. The third-order valence-corrected chi connectivity index (χ3v) is 6.76. The van der Waals surface area contributed by atoms with E-state index in [0.717, 1.165) is 11.6 Å². The smallest absolute Gasteiger partial charge is 0.339 e. The lowest BCUT2D eigenvalue weighted by Crippen LogP contribution is -2.34. The number of aromatic nitrogens is 3. The topological polar surface area (TPSA) is 72.5 Å². The third-order valence-electron chi connectivity index (χ3n) is 6.76. The predicted octanol–water partition coefficient (Wildman–Crippen LogP) is 3.90. The van der Waals surface area contributed by atoms with Crippen LogP contribution in [0, 0.1) is 6.92 Å². The Bertz CT molecular complexity index is 1510. The van der Waals surface area contributed by atoms with Crippen LogP contribution in [0.5, 0.6) is 0 Å². The van der Waals surface area contributed by atoms with Gasteiger partial charge in [-0.25, -0.2) is 4.98 Å². The fraction of sp³-hybridized carbons (Fsp3) is 0.385. The van der Waals surface area contributed by atoms with Crippen molar-refractivity contribution < 1.29 is 18.0 Å². The number of hydrogen-bond donors (Lipinski definition) is 0. The second-order valence-electron chi connectivity index (χ2n) is 9.11. The van der Waals surface area contributed by atoms with Gasteiger partial charge in [-0.3, -0.25) is 19.1 Å². The average Bonchev–Trinajstić information content (AvgIpc) is 2.82. The van der Waals surface area contributed by atoms with Crippen molar-refractivity contribution in [2.75, 3.05) is 13.1 Å². The van der Waals surface area contributed by atoms with E-state index in [2.05, 4.69) is 4.98 Å². The fourth-order valence-electron chi connectivity index (χ4n) is 4.78. The lowest BCUT2D eigenvalue weighted by Gasteiger charge is -2.25. The fourth-order valence-corrected chi connectivity index (χ4v) is 4.78. The first-order valence-electron chi connectivity index (χ1n) is 11.6. The first kappa shape index (κ1) is 25.4. The van der Waals surface area contributed by atoms with Crippen LogP contribution >= 0.6 is 0 Å². The molecule has 36 heavy (non-hydrogen) atoms. The zero-order valence-electron chi connectivity index (χ0n) is 20.8. The van der Waals surface area contributed by atoms with Crippen LogP contribution in [0.15, 0.2) is 46.5 Å². The van der Waals surface area contributed by atoms with Crippen LogP contribution < -0.4 is 11.0 Å². The number of fused-ring (bicyclic) bond motifs is 1. The molecule has 10 heteroatoms. The van der Waals surface area contributed by atoms with E-state index >= 15 is 0 Å². The summed E-state index contributed by atoms with van der Waals surface area (Å²) in [6.07, 6.45) is -0.491. The lowest BCUT2D eigenvalue weighted by molar-refractivity contribution is -0.138. The predicted molar refractivity (Wildman–Crippen MR) is 131 cm³/mol. The van der Waals surface area contributed by atoms with Gasteiger partial charge in [-0.05, 0) is 49.1 Å². The van der Waals surface area contributed by atoms with Gasteiger partial charge in [0.25, 0.3) is 5.56 Å². The van der Waals surface area contributed by atoms with Gasteiger partial charge in [-0.1, -0.05) is 18.2 Å². The molecule has 1 aliphatic heterocycles. The molecule has 1 aromatic carbocycles. The minimum atomic E-state index is -4.45. The van der Waals surface area contributed by atoms with E-state index in [1.165, 1.54) is 30.8 Å². The molecule has 7 nitrogen and oxygen atoms in total. The summed E-state index contributed by atoms with van der Waals surface area (Å²) in [4.78, 5) is 35.8. The summed E-state index contributed by atoms with van der Waals surface area (Å²) in [6, 6.07) is 5.24. The maximum atomic E-state index is 13.4. The number of alkyl halides is 3. The zero-order chi connectivity index (χ0) is 26.4. The van der Waals surface area contributed by atoms with Crippen molar-refractivity contribution in [1.82, 2.24) is 19.0 Å². The van der Waals surface area contributed by atoms with Gasteiger partial charge in [0.05, 0.1) is 23.3 Å². The molecule has 0 N–H and O–H groups in total. The summed E-state index contributed by atoms with van der Waals surface area (Å²) in [5.74, 6) is -0.0205. The highest BCUT2D eigenvalue weighted by Gasteiger charge is 2.33. The van der Waals surface area contributed by atoms with Crippen molar-refractivity contribution in [3.8, 4) is 0 Å². The molecule has 3 aromatic rings. The van der Waals surface area contributed by atoms with Gasteiger partial charge >= 0.3 is 6.18 Å². The Morgan fingerprint density at radius 1 is 1.22 bits per heavy atom. The van der Waals surface area contributed by atoms with Gasteiger partial charge in [0.2, 0.25) is 5.91 Å². The molecule has 0 radical (unpaired) electrons. The van der Waals surface area contributed by atoms with E-state index in [-0.39, 0.29) is 17.0 Å². The van der Waals surface area contributed by atoms with E-state index in [1.807, 2.05) is 6.08 Å². The molecule has 1 unspecified atom stereocenters. The number of amides is 1. The molecular formula is C26H28F3N5O2. The normalized spacial score (nSPS) is 15.8. The van der Waals surface area contributed by atoms with Crippen LogP contribution in [-0.2, 0) is 25.1 Å². The van der Waals surface area contributed by atoms with E-state index in [0.29, 0.717) is 47.2 Å². The van der Waals surface area contributed by atoms with E-state index in [1.54, 1.807) is 42.6 Å². The first-order chi connectivity index (χ1) is 16.9. The van der Waals surface area contributed by atoms with Crippen molar-refractivity contribution in [2.24, 2.45) is 19.1 Å². The Morgan fingerprint density at radius 3 is 2.56 bits per heavy atom. The summed E-state index contributed by atoms with van der Waals surface area (Å²) < 4.78 is 43.6. The van der Waals surface area contributed by atoms with E-state index in [9.17, 15) is 22.8 Å². The van der Waals surface area contributed by atoms with Gasteiger partial charge < -0.3 is 9.47 Å². The van der Waals surface area contributed by atoms with Crippen LogP contribution in [0.25, 0.3) is 16.6 Å². The number of carbonyl (C=O) groups is 1. The van der Waals surface area contributed by atoms with Crippen LogP contribution in [-0.4, -0.2) is 38.0 Å². The van der Waals surface area contributed by atoms with Crippen LogP contribution in [0.2, 0.25) is 0 Å². The number of benzene rings is 1. The maximum Gasteiger partial charge on any atom is 0.416 e. The molecule has 0 spiro atoms. The zero-order valence-corrected chi connectivity index (χ0v) is 20.8. The Balaban J connectivity index is 1.89. The summed E-state index contributed by atoms with van der Waals surface area (Å²) in [5, 5.41) is 0.614. The van der Waals surface area contributed by atoms with Gasteiger partial charge in [-0.2, -0.15) is 13.2 Å². The number of rotatable bonds is 3. The Hall–Kier alpha value is -3.69. The summed E-state index contributed by atoms with van der Waals surface area (Å²) >= 11 is 0. The molecule has 1 amide bonds. The van der Waals surface area contributed by atoms with Gasteiger partial charge in [-0.15, -0.1) is 0 Å². The van der Waals surface area contributed by atoms with Crippen molar-refractivity contribution in [3.63, 3.8) is 0 Å². The van der Waals surface area contributed by atoms with Crippen molar-refractivity contribution in [3.05, 3.63) is 74.8 Å². The minimum absolute atomic E-state index is 0.0205. The molecule has 0 fully saturated rings. The van der Waals surface area contributed by atoms with Gasteiger partial charge in [0.15, 0.2) is 5.49 Å². The molecule has 190 valence electrons. The molecule has 0 aliphatic carbocycles. The van der Waals surface area contributed by atoms with E-state index in [4.69, 9.17) is 4.99 Å². The lowest BCUT2D eigenvalue weighted by atomic mass is 9.97. The highest BCUT2D eigenvalue weighted by atomic mass is 19.4. The molecule has 1 atom stereocenters. The Morgan fingerprint density at radius 2 is 1.94 bits per heavy atom. The van der Waals surface area contributed by atoms with Crippen LogP contribution in [0.3, 0.4) is 0 Å². The largest absolute Gasteiger partial charge is 0.416 e. The van der Waals surface area contributed by atoms with Crippen molar-refractivity contribution in [1.29, 1.82) is 0 Å². The summed E-state index contributed by atoms with van der Waals surface area (Å²) in [5.41, 5.74) is 1.99. The molecule has 3 heterocycles. The molecule has 0 saturated carbocycles. The number of hydrogen-bond acceptors (Lipinski definition) is 4. The summed E-state index contributed by atoms with van der Waals surface area (Å²) in [6.45, 7) is 5.64. The molecule has 0 bridgehead atoms. The van der Waals surface area contributed by atoms with Crippen LogP contribution in [0.1, 0.15) is 48.6 Å². The highest BCUT2D eigenvalue weighted by Crippen LogP contribution is 2.35. The number of nitrogens with zero attached hydrogens (tertiary/aromatic N) is 5. The SMILES string of the molecule is CC(=O)N1CC=C(c2cc3c(=NC(C)c4cccc(C(F)(F)F)c4C)ncn(C)c3n(C)c2=O)CC1. The van der Waals surface area contributed by atoms with Crippen molar-refractivity contribution in [2.45, 2.75) is 39.4 Å². The number of aryl methyl sites for hydroxylation is 2. The Kier molecular flexibility index (Phi) is 6.64. The number of halogens is 3. The second-order valence-corrected chi connectivity index (χ2v) is 9.11. The van der Waals surface area contributed by atoms with Gasteiger partial charge in [0.1, 0.15) is 5.65 Å². The summed E-state index contributed by atoms with van der Waals surface area (Å²) in [7, 11) is 3.44. The second kappa shape index (κ2) is 9.40. The number of pyridine rings is 1. The van der Waals surface area contributed by atoms with Crippen LogP contribution in [0.4, 0.5) is 13.2 Å². The monoisotopic (exact) mass is 499 g/mol. The molecule has 1 aliphatic rings. The molecule has 4 rings (SSSR count). The standard InChI is InChI=1S/C26H28F3N5O2/c1-15-19(7-6-8-22(15)26(27,28)29)16(2)31-23-21-13-20(18-9-11-34(12-10-18)17(3)35)25(36)33(5)24(21)32(4)14-30-23/h6-9,13-14,16H,10-12H2,1-5H3. The molecule has 2 aromatic heterocycles. The maximum absolute atomic E-state index is 13.4. The number of carbonyl (C=O) groups excluding carboxylic acids is 1. The van der Waals surface area contributed by atoms with Crippen molar-refractivity contribution >= 4 is 22.5 Å². The minimum Gasteiger partial charge on any atom is -0.339 e.